The summed E-state index contributed by atoms with van der Waals surface area (Å²) in [5, 5.41) is 0.902. The van der Waals surface area contributed by atoms with E-state index in [0.717, 1.165) is 43.3 Å². The quantitative estimate of drug-likeness (QED) is 0.654. The molecule has 0 bridgehead atoms. The van der Waals surface area contributed by atoms with Gasteiger partial charge in [0.25, 0.3) is 10.0 Å². The molecule has 0 N–H and O–H groups in total. The first-order valence-electron chi connectivity index (χ1n) is 9.79. The Kier molecular flexibility index (Phi) is 5.17. The van der Waals surface area contributed by atoms with Crippen LogP contribution in [0.15, 0.2) is 59.6 Å². The second-order valence-electron chi connectivity index (χ2n) is 7.42. The van der Waals surface area contributed by atoms with E-state index in [1.165, 1.54) is 3.97 Å². The zero-order chi connectivity index (χ0) is 19.7. The fourth-order valence-electron chi connectivity index (χ4n) is 3.76. The molecular formula is C22H26N2O3S. The lowest BCUT2D eigenvalue weighted by Crippen LogP contribution is -2.35. The highest BCUT2D eigenvalue weighted by Gasteiger charge is 2.23. The van der Waals surface area contributed by atoms with Crippen LogP contribution < -0.4 is 4.74 Å². The van der Waals surface area contributed by atoms with Gasteiger partial charge in [0.15, 0.2) is 0 Å². The van der Waals surface area contributed by atoms with E-state index in [-0.39, 0.29) is 11.0 Å². The van der Waals surface area contributed by atoms with Crippen molar-refractivity contribution in [2.75, 3.05) is 20.1 Å². The zero-order valence-corrected chi connectivity index (χ0v) is 17.2. The second kappa shape index (κ2) is 7.60. The minimum atomic E-state index is -3.69. The number of rotatable bonds is 5. The number of hydrogen-bond acceptors (Lipinski definition) is 4. The third-order valence-electron chi connectivity index (χ3n) is 5.50. The van der Waals surface area contributed by atoms with E-state index in [4.69, 9.17) is 4.74 Å². The first-order chi connectivity index (χ1) is 13.5. The maximum Gasteiger partial charge on any atom is 0.268 e. The molecular weight excluding hydrogens is 372 g/mol. The monoisotopic (exact) mass is 398 g/mol. The predicted octanol–water partition coefficient (Wildman–Crippen LogP) is 3.91. The Morgan fingerprint density at radius 1 is 1.07 bits per heavy atom. The van der Waals surface area contributed by atoms with Crippen LogP contribution in [0.4, 0.5) is 0 Å². The van der Waals surface area contributed by atoms with E-state index in [1.54, 1.807) is 18.3 Å². The maximum atomic E-state index is 13.3. The molecule has 0 atom stereocenters. The zero-order valence-electron chi connectivity index (χ0n) is 16.3. The Morgan fingerprint density at radius 3 is 2.57 bits per heavy atom. The molecule has 0 amide bonds. The second-order valence-corrected chi connectivity index (χ2v) is 9.23. The average molecular weight is 399 g/mol. The van der Waals surface area contributed by atoms with Crippen LogP contribution in [-0.4, -0.2) is 43.5 Å². The van der Waals surface area contributed by atoms with E-state index in [9.17, 15) is 8.42 Å². The molecule has 1 aliphatic rings. The topological polar surface area (TPSA) is 51.5 Å². The van der Waals surface area contributed by atoms with Crippen LogP contribution in [0.2, 0.25) is 0 Å². The number of para-hydroxylation sites is 1. The van der Waals surface area contributed by atoms with Gasteiger partial charge in [0.1, 0.15) is 11.9 Å². The summed E-state index contributed by atoms with van der Waals surface area (Å²) in [6.07, 6.45) is 4.46. The summed E-state index contributed by atoms with van der Waals surface area (Å²) in [7, 11) is -1.58. The molecule has 4 rings (SSSR count). The molecule has 3 aromatic rings. The number of aromatic nitrogens is 1. The lowest BCUT2D eigenvalue weighted by Gasteiger charge is -2.30. The summed E-state index contributed by atoms with van der Waals surface area (Å²) in [6.45, 7) is 4.06. The Bertz CT molecular complexity index is 1080. The summed E-state index contributed by atoms with van der Waals surface area (Å²) >= 11 is 0. The smallest absolute Gasteiger partial charge is 0.268 e. The third-order valence-corrected chi connectivity index (χ3v) is 7.19. The largest absolute Gasteiger partial charge is 0.490 e. The molecule has 2 heterocycles. The van der Waals surface area contributed by atoms with Crippen molar-refractivity contribution >= 4 is 20.9 Å². The molecule has 0 unspecified atom stereocenters. The number of benzene rings is 2. The van der Waals surface area contributed by atoms with Crippen LogP contribution in [-0.2, 0) is 16.4 Å². The van der Waals surface area contributed by atoms with Crippen LogP contribution in [0.5, 0.6) is 5.75 Å². The third kappa shape index (κ3) is 3.54. The molecule has 1 aromatic heterocycles. The standard InChI is InChI=1S/C22H26N2O3S/c1-3-17-8-9-20(16-22(17)27-19-11-13-23(2)14-12-19)28(25,26)24-15-10-18-6-4-5-7-21(18)24/h4-10,15-16,19H,3,11-14H2,1-2H3. The van der Waals surface area contributed by atoms with Gasteiger partial charge in [-0.15, -0.1) is 0 Å². The van der Waals surface area contributed by atoms with E-state index < -0.39 is 10.0 Å². The fraction of sp³-hybridized carbons (Fsp3) is 0.364. The highest BCUT2D eigenvalue weighted by atomic mass is 32.2. The van der Waals surface area contributed by atoms with Crippen molar-refractivity contribution in [3.05, 3.63) is 60.3 Å². The Balaban J connectivity index is 1.69. The van der Waals surface area contributed by atoms with Crippen molar-refractivity contribution in [2.24, 2.45) is 0 Å². The predicted molar refractivity (Wildman–Crippen MR) is 111 cm³/mol. The molecule has 5 nitrogen and oxygen atoms in total. The number of ether oxygens (including phenoxy) is 1. The number of nitrogens with zero attached hydrogens (tertiary/aromatic N) is 2. The van der Waals surface area contributed by atoms with Gasteiger partial charge in [-0.3, -0.25) is 0 Å². The van der Waals surface area contributed by atoms with Crippen molar-refractivity contribution < 1.29 is 13.2 Å². The summed E-state index contributed by atoms with van der Waals surface area (Å²) in [5.74, 6) is 0.689. The lowest BCUT2D eigenvalue weighted by atomic mass is 10.1. The molecule has 148 valence electrons. The number of hydrogen-bond donors (Lipinski definition) is 0. The number of fused-ring (bicyclic) bond motifs is 1. The van der Waals surface area contributed by atoms with Gasteiger partial charge in [-0.25, -0.2) is 12.4 Å². The van der Waals surface area contributed by atoms with Crippen molar-refractivity contribution in [1.29, 1.82) is 0 Å². The highest BCUT2D eigenvalue weighted by Crippen LogP contribution is 2.29. The van der Waals surface area contributed by atoms with Crippen molar-refractivity contribution in [3.8, 4) is 5.75 Å². The minimum absolute atomic E-state index is 0.131. The van der Waals surface area contributed by atoms with Gasteiger partial charge in [0, 0.05) is 30.7 Å². The number of piperidine rings is 1. The molecule has 1 saturated heterocycles. The molecule has 0 spiro atoms. The summed E-state index contributed by atoms with van der Waals surface area (Å²) in [6, 6.07) is 14.6. The highest BCUT2D eigenvalue weighted by molar-refractivity contribution is 7.90. The minimum Gasteiger partial charge on any atom is -0.490 e. The molecule has 28 heavy (non-hydrogen) atoms. The van der Waals surface area contributed by atoms with E-state index in [0.29, 0.717) is 11.3 Å². The first kappa shape index (κ1) is 19.0. The SMILES string of the molecule is CCc1ccc(S(=O)(=O)n2ccc3ccccc32)cc1OC1CCN(C)CC1. The molecule has 2 aromatic carbocycles. The number of aryl methyl sites for hydroxylation is 1. The van der Waals surface area contributed by atoms with Gasteiger partial charge in [0.05, 0.1) is 10.4 Å². The maximum absolute atomic E-state index is 13.3. The van der Waals surface area contributed by atoms with Crippen molar-refractivity contribution in [2.45, 2.75) is 37.2 Å². The molecule has 0 saturated carbocycles. The summed E-state index contributed by atoms with van der Waals surface area (Å²) in [4.78, 5) is 2.55. The van der Waals surface area contributed by atoms with E-state index in [1.807, 2.05) is 36.4 Å². The summed E-state index contributed by atoms with van der Waals surface area (Å²) in [5.41, 5.74) is 1.72. The molecule has 0 aliphatic carbocycles. The average Bonchev–Trinajstić information content (AvgIpc) is 3.14. The Labute approximate surface area is 166 Å². The molecule has 1 fully saturated rings. The Morgan fingerprint density at radius 2 is 1.82 bits per heavy atom. The number of likely N-dealkylation sites (tertiary alicyclic amines) is 1. The van der Waals surface area contributed by atoms with Gasteiger partial charge in [-0.1, -0.05) is 31.2 Å². The van der Waals surface area contributed by atoms with Crippen LogP contribution in [0.3, 0.4) is 0 Å². The normalized spacial score (nSPS) is 16.5. The first-order valence-corrected chi connectivity index (χ1v) is 11.2. The fourth-order valence-corrected chi connectivity index (χ4v) is 5.13. The lowest BCUT2D eigenvalue weighted by molar-refractivity contribution is 0.113. The van der Waals surface area contributed by atoms with Crippen LogP contribution in [0.25, 0.3) is 10.9 Å². The van der Waals surface area contributed by atoms with Crippen molar-refractivity contribution in [1.82, 2.24) is 8.87 Å². The Hall–Kier alpha value is -2.31. The molecule has 0 radical (unpaired) electrons. The van der Waals surface area contributed by atoms with E-state index in [2.05, 4.69) is 18.9 Å². The van der Waals surface area contributed by atoms with Gasteiger partial charge in [0.2, 0.25) is 0 Å². The van der Waals surface area contributed by atoms with Crippen LogP contribution in [0, 0.1) is 0 Å². The van der Waals surface area contributed by atoms with Gasteiger partial charge < -0.3 is 9.64 Å². The van der Waals surface area contributed by atoms with Crippen molar-refractivity contribution in [3.63, 3.8) is 0 Å². The van der Waals surface area contributed by atoms with E-state index >= 15 is 0 Å². The van der Waals surface area contributed by atoms with Gasteiger partial charge in [-0.05, 0) is 50.1 Å². The molecule has 1 aliphatic heterocycles. The van der Waals surface area contributed by atoms with Crippen LogP contribution >= 0.6 is 0 Å². The summed E-state index contributed by atoms with van der Waals surface area (Å²) < 4.78 is 34.2. The van der Waals surface area contributed by atoms with Crippen LogP contribution in [0.1, 0.15) is 25.3 Å². The van der Waals surface area contributed by atoms with Gasteiger partial charge >= 0.3 is 0 Å². The molecule has 6 heteroatoms. The van der Waals surface area contributed by atoms with Gasteiger partial charge in [-0.2, -0.15) is 0 Å².